The molecule has 0 atom stereocenters. The van der Waals surface area contributed by atoms with E-state index in [1.807, 2.05) is 36.4 Å². The topological polar surface area (TPSA) is 51.6 Å². The van der Waals surface area contributed by atoms with Crippen LogP contribution in [0.3, 0.4) is 0 Å². The van der Waals surface area contributed by atoms with Crippen LogP contribution in [0.1, 0.15) is 11.3 Å². The number of fused-ring (bicyclic) bond motifs is 3. The number of aromatic nitrogens is 4. The summed E-state index contributed by atoms with van der Waals surface area (Å²) in [6, 6.07) is 18.0. The summed E-state index contributed by atoms with van der Waals surface area (Å²) in [4.78, 5) is 18.7. The average molecular weight is 401 g/mol. The van der Waals surface area contributed by atoms with Crippen LogP contribution in [0.5, 0.6) is 0 Å². The zero-order chi connectivity index (χ0) is 17.5. The minimum atomic E-state index is 0.636. The molecule has 4 aromatic rings. The van der Waals surface area contributed by atoms with E-state index in [0.717, 1.165) is 39.2 Å². The first kappa shape index (κ1) is 15.3. The van der Waals surface area contributed by atoms with E-state index in [1.54, 1.807) is 12.4 Å². The van der Waals surface area contributed by atoms with Gasteiger partial charge in [-0.2, -0.15) is 0 Å². The van der Waals surface area contributed by atoms with Crippen molar-refractivity contribution in [2.75, 3.05) is 0 Å². The Morgan fingerprint density at radius 2 is 1.58 bits per heavy atom. The number of rotatable bonds is 2. The Labute approximate surface area is 159 Å². The first-order valence-corrected chi connectivity index (χ1v) is 9.11. The number of hydrogen-bond acceptors (Lipinski definition) is 4. The van der Waals surface area contributed by atoms with Crippen LogP contribution in [0.2, 0.25) is 0 Å². The summed E-state index contributed by atoms with van der Waals surface area (Å²) in [5, 5.41) is 0. The van der Waals surface area contributed by atoms with E-state index in [1.165, 1.54) is 11.1 Å². The van der Waals surface area contributed by atoms with Crippen LogP contribution < -0.4 is 0 Å². The smallest absolute Gasteiger partial charge is 0.179 e. The van der Waals surface area contributed by atoms with Gasteiger partial charge in [0.25, 0.3) is 0 Å². The molecule has 0 saturated heterocycles. The number of halogens is 1. The van der Waals surface area contributed by atoms with E-state index in [2.05, 4.69) is 44.1 Å². The van der Waals surface area contributed by atoms with Gasteiger partial charge in [-0.15, -0.1) is 0 Å². The van der Waals surface area contributed by atoms with Crippen molar-refractivity contribution >= 4 is 15.9 Å². The molecule has 5 heteroatoms. The van der Waals surface area contributed by atoms with E-state index < -0.39 is 0 Å². The monoisotopic (exact) mass is 400 g/mol. The second-order valence-corrected chi connectivity index (χ2v) is 7.04. The maximum absolute atomic E-state index is 4.86. The summed E-state index contributed by atoms with van der Waals surface area (Å²) in [6.45, 7) is 0. The highest BCUT2D eigenvalue weighted by atomic mass is 79.9. The fraction of sp³-hybridized carbons (Fsp3) is 0.0476. The maximum Gasteiger partial charge on any atom is 0.179 e. The molecule has 3 aromatic heterocycles. The molecule has 0 radical (unpaired) electrons. The van der Waals surface area contributed by atoms with Crippen molar-refractivity contribution in [1.82, 2.24) is 19.9 Å². The van der Waals surface area contributed by atoms with Crippen molar-refractivity contribution in [3.8, 4) is 34.0 Å². The zero-order valence-corrected chi connectivity index (χ0v) is 15.3. The highest BCUT2D eigenvalue weighted by Gasteiger charge is 2.26. The minimum absolute atomic E-state index is 0.636. The normalized spacial score (nSPS) is 11.9. The minimum Gasteiger partial charge on any atom is -0.255 e. The van der Waals surface area contributed by atoms with Crippen LogP contribution >= 0.6 is 15.9 Å². The average Bonchev–Trinajstić information content (AvgIpc) is 3.06. The molecule has 26 heavy (non-hydrogen) atoms. The molecule has 3 heterocycles. The lowest BCUT2D eigenvalue weighted by atomic mass is 10.0. The SMILES string of the molecule is Brc1ccc2c(c1)-c1c(nc(-c3ccccn3)nc1-c1ccccn1)C2. The lowest BCUT2D eigenvalue weighted by Crippen LogP contribution is -2.00. The van der Waals surface area contributed by atoms with Gasteiger partial charge in [-0.1, -0.05) is 34.1 Å². The van der Waals surface area contributed by atoms with Gasteiger partial charge in [-0.05, 0) is 47.5 Å². The van der Waals surface area contributed by atoms with E-state index in [9.17, 15) is 0 Å². The first-order valence-electron chi connectivity index (χ1n) is 8.32. The molecule has 124 valence electrons. The summed E-state index contributed by atoms with van der Waals surface area (Å²) >= 11 is 3.58. The lowest BCUT2D eigenvalue weighted by molar-refractivity contribution is 1.06. The van der Waals surface area contributed by atoms with Crippen LogP contribution in [0, 0.1) is 0 Å². The molecule has 0 saturated carbocycles. The Balaban J connectivity index is 1.80. The summed E-state index contributed by atoms with van der Waals surface area (Å²) in [5.74, 6) is 0.636. The highest BCUT2D eigenvalue weighted by Crippen LogP contribution is 2.42. The molecule has 5 rings (SSSR count). The lowest BCUT2D eigenvalue weighted by Gasteiger charge is -2.10. The third-order valence-electron chi connectivity index (χ3n) is 4.48. The van der Waals surface area contributed by atoms with Crippen molar-refractivity contribution in [2.45, 2.75) is 6.42 Å². The van der Waals surface area contributed by atoms with Gasteiger partial charge in [0.2, 0.25) is 0 Å². The van der Waals surface area contributed by atoms with Crippen molar-refractivity contribution in [3.05, 3.63) is 82.7 Å². The van der Waals surface area contributed by atoms with Gasteiger partial charge in [-0.3, -0.25) is 9.97 Å². The second-order valence-electron chi connectivity index (χ2n) is 6.13. The van der Waals surface area contributed by atoms with Gasteiger partial charge >= 0.3 is 0 Å². The number of pyridine rings is 2. The summed E-state index contributed by atoms with van der Waals surface area (Å²) < 4.78 is 1.05. The van der Waals surface area contributed by atoms with Crippen LogP contribution in [0.25, 0.3) is 34.0 Å². The molecule has 1 aliphatic rings. The van der Waals surface area contributed by atoms with Crippen molar-refractivity contribution in [1.29, 1.82) is 0 Å². The Hall–Kier alpha value is -2.92. The number of nitrogens with zero attached hydrogens (tertiary/aromatic N) is 4. The number of hydrogen-bond donors (Lipinski definition) is 0. The summed E-state index contributed by atoms with van der Waals surface area (Å²) in [7, 11) is 0. The van der Waals surface area contributed by atoms with Gasteiger partial charge < -0.3 is 0 Å². The van der Waals surface area contributed by atoms with Gasteiger partial charge in [-0.25, -0.2) is 9.97 Å². The molecule has 0 bridgehead atoms. The largest absolute Gasteiger partial charge is 0.255 e. The highest BCUT2D eigenvalue weighted by molar-refractivity contribution is 9.10. The molecule has 0 unspecified atom stereocenters. The van der Waals surface area contributed by atoms with Gasteiger partial charge in [0.15, 0.2) is 5.82 Å². The Bertz CT molecular complexity index is 1110. The predicted octanol–water partition coefficient (Wildman–Crippen LogP) is 4.93. The first-order chi connectivity index (χ1) is 12.8. The van der Waals surface area contributed by atoms with Gasteiger partial charge in [0.1, 0.15) is 11.4 Å². The molecule has 0 amide bonds. The van der Waals surface area contributed by atoms with Crippen LogP contribution in [-0.4, -0.2) is 19.9 Å². The third-order valence-corrected chi connectivity index (χ3v) is 4.98. The predicted molar refractivity (Wildman–Crippen MR) is 104 cm³/mol. The molecular weight excluding hydrogens is 388 g/mol. The second kappa shape index (κ2) is 6.11. The van der Waals surface area contributed by atoms with Gasteiger partial charge in [0.05, 0.1) is 11.4 Å². The molecule has 0 N–H and O–H groups in total. The van der Waals surface area contributed by atoms with E-state index >= 15 is 0 Å². The van der Waals surface area contributed by atoms with Crippen LogP contribution in [0.4, 0.5) is 0 Å². The fourth-order valence-corrected chi connectivity index (χ4v) is 3.69. The molecule has 4 nitrogen and oxygen atoms in total. The van der Waals surface area contributed by atoms with Crippen molar-refractivity contribution in [3.63, 3.8) is 0 Å². The standard InChI is InChI=1S/C21H13BrN4/c22-14-8-7-13-11-18-19(15(13)12-14)20(16-5-1-3-9-23-16)26-21(25-18)17-6-2-4-10-24-17/h1-10,12H,11H2. The van der Waals surface area contributed by atoms with Crippen LogP contribution in [0.15, 0.2) is 71.5 Å². The van der Waals surface area contributed by atoms with Crippen molar-refractivity contribution in [2.24, 2.45) is 0 Å². The van der Waals surface area contributed by atoms with E-state index in [-0.39, 0.29) is 0 Å². The third kappa shape index (κ3) is 2.52. The molecular formula is C21H13BrN4. The molecule has 1 aliphatic carbocycles. The van der Waals surface area contributed by atoms with Crippen molar-refractivity contribution < 1.29 is 0 Å². The quantitative estimate of drug-likeness (QED) is 0.421. The zero-order valence-electron chi connectivity index (χ0n) is 13.7. The summed E-state index contributed by atoms with van der Waals surface area (Å²) in [6.07, 6.45) is 4.35. The maximum atomic E-state index is 4.86. The van der Waals surface area contributed by atoms with Crippen LogP contribution in [-0.2, 0) is 6.42 Å². The van der Waals surface area contributed by atoms with E-state index in [0.29, 0.717) is 5.82 Å². The fourth-order valence-electron chi connectivity index (χ4n) is 3.33. The summed E-state index contributed by atoms with van der Waals surface area (Å²) in [5.41, 5.74) is 6.98. The van der Waals surface area contributed by atoms with E-state index in [4.69, 9.17) is 9.97 Å². The van der Waals surface area contributed by atoms with Gasteiger partial charge in [0, 0.05) is 28.9 Å². The Kier molecular flexibility index (Phi) is 3.60. The molecule has 0 spiro atoms. The Morgan fingerprint density at radius 1 is 0.808 bits per heavy atom. The molecule has 1 aromatic carbocycles. The number of benzene rings is 1. The molecule has 0 fully saturated rings. The molecule has 0 aliphatic heterocycles. The Morgan fingerprint density at radius 3 is 2.31 bits per heavy atom.